The molecule has 0 aromatic heterocycles. The number of methoxy groups -OCH3 is 2. The highest BCUT2D eigenvalue weighted by Gasteiger charge is 2.29. The minimum Gasteiger partial charge on any atom is -0.496 e. The quantitative estimate of drug-likeness (QED) is 0.203. The van der Waals surface area contributed by atoms with E-state index in [1.165, 1.54) is 10.6 Å². The number of hydrogen-bond acceptors (Lipinski definition) is 4. The Morgan fingerprint density at radius 2 is 1.78 bits per heavy atom. The van der Waals surface area contributed by atoms with Crippen LogP contribution in [0.1, 0.15) is 52.0 Å². The Hall–Kier alpha value is -3.80. The van der Waals surface area contributed by atoms with Gasteiger partial charge in [0.15, 0.2) is 0 Å². The van der Waals surface area contributed by atoms with E-state index in [0.717, 1.165) is 66.0 Å². The van der Waals surface area contributed by atoms with Crippen LogP contribution >= 0.6 is 0 Å². The maximum Gasteiger partial charge on any atom is 0.344 e. The van der Waals surface area contributed by atoms with Crippen molar-refractivity contribution in [2.75, 3.05) is 20.8 Å². The van der Waals surface area contributed by atoms with Crippen molar-refractivity contribution in [3.8, 4) is 22.6 Å². The lowest BCUT2D eigenvalue weighted by Crippen LogP contribution is -2.47. The molecule has 1 aliphatic heterocycles. The maximum absolute atomic E-state index is 13.5. The number of rotatable bonds is 9. The van der Waals surface area contributed by atoms with Crippen molar-refractivity contribution in [1.82, 2.24) is 9.91 Å². The van der Waals surface area contributed by atoms with Crippen molar-refractivity contribution in [3.63, 3.8) is 0 Å². The van der Waals surface area contributed by atoms with Crippen LogP contribution < -0.4 is 9.47 Å². The molecule has 2 amide bonds. The summed E-state index contributed by atoms with van der Waals surface area (Å²) in [5, 5.41) is 5.43. The van der Waals surface area contributed by atoms with E-state index >= 15 is 0 Å². The fraction of sp³-hybridized carbons (Fsp3) is 0.355. The zero-order valence-corrected chi connectivity index (χ0v) is 22.7. The van der Waals surface area contributed by atoms with E-state index in [9.17, 15) is 4.79 Å². The van der Waals surface area contributed by atoms with Gasteiger partial charge in [0, 0.05) is 25.5 Å². The van der Waals surface area contributed by atoms with Crippen LogP contribution in [0.5, 0.6) is 11.5 Å². The molecule has 0 spiro atoms. The Bertz CT molecular complexity index is 1140. The van der Waals surface area contributed by atoms with E-state index < -0.39 is 0 Å². The number of ether oxygens (including phenoxy) is 2. The van der Waals surface area contributed by atoms with Gasteiger partial charge in [0.05, 0.1) is 19.8 Å². The Balaban J connectivity index is 1.82. The van der Waals surface area contributed by atoms with Crippen molar-refractivity contribution in [3.05, 3.63) is 78.0 Å². The fourth-order valence-electron chi connectivity index (χ4n) is 4.81. The van der Waals surface area contributed by atoms with Gasteiger partial charge in [0.25, 0.3) is 0 Å². The zero-order valence-electron chi connectivity index (χ0n) is 22.7. The molecule has 0 aliphatic carbocycles. The van der Waals surface area contributed by atoms with Gasteiger partial charge in [-0.15, -0.1) is 0 Å². The van der Waals surface area contributed by atoms with Crippen LogP contribution in [0.15, 0.2) is 77.6 Å². The predicted octanol–water partition coefficient (Wildman–Crippen LogP) is 7.54. The minimum absolute atomic E-state index is 0.134. The van der Waals surface area contributed by atoms with E-state index in [2.05, 4.69) is 24.0 Å². The molecule has 0 N–H and O–H groups in total. The van der Waals surface area contributed by atoms with Crippen molar-refractivity contribution >= 4 is 18.3 Å². The van der Waals surface area contributed by atoms with Crippen LogP contribution in [0.3, 0.4) is 0 Å². The van der Waals surface area contributed by atoms with Gasteiger partial charge in [-0.2, -0.15) is 10.1 Å². The monoisotopic (exact) mass is 501 g/mol. The molecule has 6 nitrogen and oxygen atoms in total. The van der Waals surface area contributed by atoms with Crippen molar-refractivity contribution in [1.29, 1.82) is 0 Å². The van der Waals surface area contributed by atoms with E-state index in [1.807, 2.05) is 74.2 Å². The molecule has 1 atom stereocenters. The standard InChI is InChI=1S/C31H39N3O3/c1-7-12-24(8-2)21-27-13-9-10-20-33(27)31(35)34(32-4)22-23(3)25-16-18-26(19-17-25)30-28(36-5)14-11-15-29(30)37-6/h7-8,11-12,14-19,22,27H,4,9-10,13,20-21H2,1-3,5-6H3/b12-7-,23-22+,24-8+. The molecule has 0 bridgehead atoms. The molecule has 1 fully saturated rings. The molecule has 196 valence electrons. The third-order valence-electron chi connectivity index (χ3n) is 6.82. The van der Waals surface area contributed by atoms with Gasteiger partial charge in [-0.1, -0.05) is 54.1 Å². The maximum atomic E-state index is 13.5. The van der Waals surface area contributed by atoms with Crippen LogP contribution in [-0.2, 0) is 0 Å². The van der Waals surface area contributed by atoms with E-state index in [1.54, 1.807) is 20.4 Å². The second-order valence-electron chi connectivity index (χ2n) is 9.11. The van der Waals surface area contributed by atoms with Crippen LogP contribution in [0, 0.1) is 0 Å². The summed E-state index contributed by atoms with van der Waals surface area (Å²) in [6, 6.07) is 13.9. The topological polar surface area (TPSA) is 54.4 Å². The number of amides is 2. The zero-order chi connectivity index (χ0) is 26.8. The molecule has 0 saturated carbocycles. The third kappa shape index (κ3) is 6.70. The van der Waals surface area contributed by atoms with E-state index in [4.69, 9.17) is 9.47 Å². The Kier molecular flexibility index (Phi) is 10.1. The normalized spacial score (nSPS) is 16.6. The number of allylic oxidation sites excluding steroid dienone is 4. The van der Waals surface area contributed by atoms with Gasteiger partial charge in [0.2, 0.25) is 0 Å². The Morgan fingerprint density at radius 3 is 2.35 bits per heavy atom. The first kappa shape index (κ1) is 27.8. The number of urea groups is 1. The molecule has 0 radical (unpaired) electrons. The number of nitrogens with zero attached hydrogens (tertiary/aromatic N) is 3. The van der Waals surface area contributed by atoms with Gasteiger partial charge in [0.1, 0.15) is 11.5 Å². The van der Waals surface area contributed by atoms with E-state index in [-0.39, 0.29) is 12.1 Å². The fourth-order valence-corrected chi connectivity index (χ4v) is 4.81. The Morgan fingerprint density at radius 1 is 1.11 bits per heavy atom. The summed E-state index contributed by atoms with van der Waals surface area (Å²) in [7, 11) is 3.31. The molecule has 1 unspecified atom stereocenters. The second kappa shape index (κ2) is 13.5. The molecule has 1 saturated heterocycles. The van der Waals surface area contributed by atoms with Crippen molar-refractivity contribution in [2.45, 2.75) is 52.5 Å². The van der Waals surface area contributed by atoms with Crippen molar-refractivity contribution in [2.24, 2.45) is 5.10 Å². The average molecular weight is 502 g/mol. The summed E-state index contributed by atoms with van der Waals surface area (Å²) < 4.78 is 11.1. The number of hydrogen-bond donors (Lipinski definition) is 0. The number of likely N-dealkylation sites (tertiary alicyclic amines) is 1. The molecule has 2 aromatic carbocycles. The first-order chi connectivity index (χ1) is 18.0. The first-order valence-corrected chi connectivity index (χ1v) is 12.8. The lowest BCUT2D eigenvalue weighted by atomic mass is 9.95. The number of carbonyl (C=O) groups excluding carboxylic acids is 1. The summed E-state index contributed by atoms with van der Waals surface area (Å²) in [4.78, 5) is 15.5. The highest BCUT2D eigenvalue weighted by Crippen LogP contribution is 2.38. The first-order valence-electron chi connectivity index (χ1n) is 12.8. The molecule has 3 rings (SSSR count). The summed E-state index contributed by atoms with van der Waals surface area (Å²) >= 11 is 0. The lowest BCUT2D eigenvalue weighted by molar-refractivity contribution is 0.129. The smallest absolute Gasteiger partial charge is 0.344 e. The second-order valence-corrected chi connectivity index (χ2v) is 9.11. The molecular weight excluding hydrogens is 462 g/mol. The summed E-state index contributed by atoms with van der Waals surface area (Å²) in [6.45, 7) is 10.4. The van der Waals surface area contributed by atoms with Crippen molar-refractivity contribution < 1.29 is 14.3 Å². The predicted molar refractivity (Wildman–Crippen MR) is 153 cm³/mol. The summed E-state index contributed by atoms with van der Waals surface area (Å²) in [6.07, 6.45) is 12.0. The SMILES string of the molecule is C=NN(/C=C(\C)c1ccc(-c2c(OC)cccc2OC)cc1)C(=O)N1CCCCC1CC(/C=C\C)=C/C. The lowest BCUT2D eigenvalue weighted by Gasteiger charge is -2.37. The Labute approximate surface area is 221 Å². The average Bonchev–Trinajstić information content (AvgIpc) is 2.94. The number of carbonyl (C=O) groups is 1. The van der Waals surface area contributed by atoms with Crippen LogP contribution in [0.4, 0.5) is 4.79 Å². The van der Waals surface area contributed by atoms with Crippen LogP contribution in [-0.4, -0.2) is 49.5 Å². The van der Waals surface area contributed by atoms with Gasteiger partial charge >= 0.3 is 6.03 Å². The van der Waals surface area contributed by atoms with E-state index in [0.29, 0.717) is 0 Å². The van der Waals surface area contributed by atoms with Crippen LogP contribution in [0.2, 0.25) is 0 Å². The highest BCUT2D eigenvalue weighted by atomic mass is 16.5. The molecule has 37 heavy (non-hydrogen) atoms. The largest absolute Gasteiger partial charge is 0.496 e. The van der Waals surface area contributed by atoms with Gasteiger partial charge < -0.3 is 14.4 Å². The number of benzene rings is 2. The molecule has 1 heterocycles. The summed E-state index contributed by atoms with van der Waals surface area (Å²) in [5.74, 6) is 1.50. The summed E-state index contributed by atoms with van der Waals surface area (Å²) in [5.41, 5.74) is 5.02. The minimum atomic E-state index is -0.134. The number of hydrazone groups is 1. The van der Waals surface area contributed by atoms with Gasteiger partial charge in [-0.05, 0) is 75.3 Å². The third-order valence-corrected chi connectivity index (χ3v) is 6.82. The van der Waals surface area contributed by atoms with Gasteiger partial charge in [-0.3, -0.25) is 0 Å². The number of piperidine rings is 1. The molecule has 6 heteroatoms. The highest BCUT2D eigenvalue weighted by molar-refractivity contribution is 5.80. The molecule has 1 aliphatic rings. The van der Waals surface area contributed by atoms with Gasteiger partial charge in [-0.25, -0.2) is 4.79 Å². The molecule has 2 aromatic rings. The molecular formula is C31H39N3O3. The van der Waals surface area contributed by atoms with Crippen LogP contribution in [0.25, 0.3) is 16.7 Å².